The Labute approximate surface area is 131 Å². The number of para-hydroxylation sites is 1. The van der Waals surface area contributed by atoms with Crippen molar-refractivity contribution in [3.8, 4) is 5.75 Å². The van der Waals surface area contributed by atoms with E-state index in [0.29, 0.717) is 6.61 Å². The highest BCUT2D eigenvalue weighted by Gasteiger charge is 2.21. The maximum Gasteiger partial charge on any atom is 0.136 e. The summed E-state index contributed by atoms with van der Waals surface area (Å²) in [5.74, 6) is 1.95. The monoisotopic (exact) mass is 298 g/mol. The van der Waals surface area contributed by atoms with Gasteiger partial charge in [-0.25, -0.2) is 9.97 Å². The molecule has 0 spiro atoms. The van der Waals surface area contributed by atoms with E-state index in [1.165, 1.54) is 11.3 Å². The number of hydrogen-bond acceptors (Lipinski definition) is 5. The quantitative estimate of drug-likeness (QED) is 0.844. The first-order valence-electron chi connectivity index (χ1n) is 7.64. The van der Waals surface area contributed by atoms with Crippen LogP contribution in [0.5, 0.6) is 5.75 Å². The van der Waals surface area contributed by atoms with Gasteiger partial charge >= 0.3 is 0 Å². The van der Waals surface area contributed by atoms with Crippen LogP contribution in [0.2, 0.25) is 0 Å². The van der Waals surface area contributed by atoms with Gasteiger partial charge in [-0.15, -0.1) is 0 Å². The molecule has 0 saturated carbocycles. The third kappa shape index (κ3) is 3.36. The predicted octanol–water partition coefficient (Wildman–Crippen LogP) is 1.98. The van der Waals surface area contributed by atoms with Gasteiger partial charge in [-0.3, -0.25) is 4.90 Å². The zero-order valence-corrected chi connectivity index (χ0v) is 13.2. The molecule has 0 unspecified atom stereocenters. The lowest BCUT2D eigenvalue weighted by Crippen LogP contribution is -2.35. The average molecular weight is 298 g/mol. The summed E-state index contributed by atoms with van der Waals surface area (Å²) in [6.07, 6.45) is 2.65. The third-order valence-electron chi connectivity index (χ3n) is 3.90. The lowest BCUT2D eigenvalue weighted by atomic mass is 10.1. The van der Waals surface area contributed by atoms with Gasteiger partial charge in [-0.1, -0.05) is 18.2 Å². The molecule has 0 aliphatic carbocycles. The first-order chi connectivity index (χ1) is 10.7. The summed E-state index contributed by atoms with van der Waals surface area (Å²) in [6, 6.07) is 9.96. The van der Waals surface area contributed by atoms with Crippen molar-refractivity contribution in [1.82, 2.24) is 14.9 Å². The van der Waals surface area contributed by atoms with Gasteiger partial charge in [0.2, 0.25) is 0 Å². The Bertz CT molecular complexity index is 615. The maximum absolute atomic E-state index is 5.79. The van der Waals surface area contributed by atoms with Crippen LogP contribution in [0, 0.1) is 0 Å². The lowest BCUT2D eigenvalue weighted by Gasteiger charge is -2.30. The van der Waals surface area contributed by atoms with E-state index < -0.39 is 0 Å². The largest absolute Gasteiger partial charge is 0.492 e. The van der Waals surface area contributed by atoms with Gasteiger partial charge in [0.05, 0.1) is 5.69 Å². The highest BCUT2D eigenvalue weighted by Crippen LogP contribution is 2.24. The van der Waals surface area contributed by atoms with Gasteiger partial charge < -0.3 is 9.64 Å². The summed E-state index contributed by atoms with van der Waals surface area (Å²) in [7, 11) is 4.06. The predicted molar refractivity (Wildman–Crippen MR) is 87.3 cm³/mol. The average Bonchev–Trinajstić information content (AvgIpc) is 2.55. The van der Waals surface area contributed by atoms with Crippen LogP contribution in [0.3, 0.4) is 0 Å². The fourth-order valence-electron chi connectivity index (χ4n) is 2.77. The molecule has 1 aliphatic rings. The van der Waals surface area contributed by atoms with E-state index in [9.17, 15) is 0 Å². The molecule has 1 aromatic carbocycles. The zero-order chi connectivity index (χ0) is 15.4. The molecule has 5 heteroatoms. The van der Waals surface area contributed by atoms with Gasteiger partial charge in [0.1, 0.15) is 24.5 Å². The Morgan fingerprint density at radius 3 is 2.77 bits per heavy atom. The molecule has 0 radical (unpaired) electrons. The molecule has 0 N–H and O–H groups in total. The van der Waals surface area contributed by atoms with Crippen LogP contribution >= 0.6 is 0 Å². The molecular weight excluding hydrogens is 276 g/mol. The van der Waals surface area contributed by atoms with Crippen LogP contribution in [-0.2, 0) is 13.0 Å². The first kappa shape index (κ1) is 14.8. The molecule has 2 heterocycles. The summed E-state index contributed by atoms with van der Waals surface area (Å²) in [6.45, 7) is 3.53. The van der Waals surface area contributed by atoms with E-state index in [0.717, 1.165) is 37.6 Å². The van der Waals surface area contributed by atoms with Crippen LogP contribution in [0.4, 0.5) is 5.82 Å². The molecule has 116 valence electrons. The molecule has 0 bridgehead atoms. The summed E-state index contributed by atoms with van der Waals surface area (Å²) < 4.78 is 5.79. The maximum atomic E-state index is 5.79. The van der Waals surface area contributed by atoms with E-state index in [2.05, 4.69) is 19.8 Å². The molecule has 0 fully saturated rings. The topological polar surface area (TPSA) is 41.5 Å². The van der Waals surface area contributed by atoms with Crippen molar-refractivity contribution in [3.05, 3.63) is 47.9 Å². The van der Waals surface area contributed by atoms with Crippen molar-refractivity contribution in [2.24, 2.45) is 0 Å². The standard InChI is InChI=1S/C17H22N4O/c1-20(2)17-15-12-21(9-8-16(15)18-13-19-17)10-11-22-14-6-4-3-5-7-14/h3-7,13H,8-12H2,1-2H3. The number of hydrogen-bond donors (Lipinski definition) is 0. The molecule has 22 heavy (non-hydrogen) atoms. The van der Waals surface area contributed by atoms with Crippen molar-refractivity contribution in [1.29, 1.82) is 0 Å². The number of rotatable bonds is 5. The number of anilines is 1. The van der Waals surface area contributed by atoms with Crippen molar-refractivity contribution < 1.29 is 4.74 Å². The summed E-state index contributed by atoms with van der Waals surface area (Å²) in [5.41, 5.74) is 2.43. The minimum Gasteiger partial charge on any atom is -0.492 e. The minimum atomic E-state index is 0.699. The van der Waals surface area contributed by atoms with Crippen LogP contribution in [0.25, 0.3) is 0 Å². The Morgan fingerprint density at radius 1 is 1.18 bits per heavy atom. The van der Waals surface area contributed by atoms with Gasteiger partial charge in [-0.2, -0.15) is 0 Å². The second-order valence-corrected chi connectivity index (χ2v) is 5.70. The van der Waals surface area contributed by atoms with Gasteiger partial charge in [0.15, 0.2) is 0 Å². The lowest BCUT2D eigenvalue weighted by molar-refractivity contribution is 0.195. The van der Waals surface area contributed by atoms with Gasteiger partial charge in [0.25, 0.3) is 0 Å². The second-order valence-electron chi connectivity index (χ2n) is 5.70. The molecule has 5 nitrogen and oxygen atoms in total. The Kier molecular flexibility index (Phi) is 4.53. The van der Waals surface area contributed by atoms with Crippen LogP contribution in [0.1, 0.15) is 11.3 Å². The number of ether oxygens (including phenoxy) is 1. The number of benzene rings is 1. The van der Waals surface area contributed by atoms with Crippen LogP contribution < -0.4 is 9.64 Å². The Balaban J connectivity index is 1.60. The zero-order valence-electron chi connectivity index (χ0n) is 13.2. The summed E-state index contributed by atoms with van der Waals surface area (Å²) >= 11 is 0. The van der Waals surface area contributed by atoms with Crippen LogP contribution in [0.15, 0.2) is 36.7 Å². The highest BCUT2D eigenvalue weighted by molar-refractivity contribution is 5.48. The number of aromatic nitrogens is 2. The molecule has 3 rings (SSSR count). The molecular formula is C17H22N4O. The van der Waals surface area contributed by atoms with E-state index in [-0.39, 0.29) is 0 Å². The van der Waals surface area contributed by atoms with Crippen LogP contribution in [-0.4, -0.2) is 48.7 Å². The minimum absolute atomic E-state index is 0.699. The fraction of sp³-hybridized carbons (Fsp3) is 0.412. The van der Waals surface area contributed by atoms with E-state index >= 15 is 0 Å². The fourth-order valence-corrected chi connectivity index (χ4v) is 2.77. The smallest absolute Gasteiger partial charge is 0.136 e. The third-order valence-corrected chi connectivity index (χ3v) is 3.90. The first-order valence-corrected chi connectivity index (χ1v) is 7.64. The molecule has 2 aromatic rings. The van der Waals surface area contributed by atoms with Crippen molar-refractivity contribution in [3.63, 3.8) is 0 Å². The molecule has 0 atom stereocenters. The normalized spacial score (nSPS) is 14.5. The molecule has 0 saturated heterocycles. The number of nitrogens with zero attached hydrogens (tertiary/aromatic N) is 4. The van der Waals surface area contributed by atoms with E-state index in [1.807, 2.05) is 44.4 Å². The summed E-state index contributed by atoms with van der Waals surface area (Å²) in [5, 5.41) is 0. The Morgan fingerprint density at radius 2 is 2.00 bits per heavy atom. The Hall–Kier alpha value is -2.14. The molecule has 1 aliphatic heterocycles. The SMILES string of the molecule is CN(C)c1ncnc2c1CN(CCOc1ccccc1)CC2. The van der Waals surface area contributed by atoms with Crippen molar-refractivity contribution in [2.75, 3.05) is 38.7 Å². The van der Waals surface area contributed by atoms with Gasteiger partial charge in [0, 0.05) is 45.7 Å². The van der Waals surface area contributed by atoms with Gasteiger partial charge in [-0.05, 0) is 12.1 Å². The van der Waals surface area contributed by atoms with Crippen molar-refractivity contribution >= 4 is 5.82 Å². The van der Waals surface area contributed by atoms with E-state index in [1.54, 1.807) is 6.33 Å². The summed E-state index contributed by atoms with van der Waals surface area (Å²) in [4.78, 5) is 13.3. The van der Waals surface area contributed by atoms with E-state index in [4.69, 9.17) is 4.74 Å². The number of fused-ring (bicyclic) bond motifs is 1. The second kappa shape index (κ2) is 6.75. The molecule has 0 amide bonds. The molecule has 1 aromatic heterocycles. The van der Waals surface area contributed by atoms with Crippen molar-refractivity contribution in [2.45, 2.75) is 13.0 Å². The highest BCUT2D eigenvalue weighted by atomic mass is 16.5.